The van der Waals surface area contributed by atoms with Crippen molar-refractivity contribution in [2.75, 3.05) is 26.8 Å². The lowest BCUT2D eigenvalue weighted by Crippen LogP contribution is -2.41. The summed E-state index contributed by atoms with van der Waals surface area (Å²) in [6, 6.07) is 0. The monoisotopic (exact) mass is 183 g/mol. The summed E-state index contributed by atoms with van der Waals surface area (Å²) in [5.74, 6) is 1.04. The summed E-state index contributed by atoms with van der Waals surface area (Å²) >= 11 is 0. The highest BCUT2D eigenvalue weighted by atomic mass is 15.4. The molecule has 1 saturated heterocycles. The van der Waals surface area contributed by atoms with E-state index < -0.39 is 0 Å². The zero-order chi connectivity index (χ0) is 10.1. The molecule has 76 valence electrons. The van der Waals surface area contributed by atoms with E-state index in [0.29, 0.717) is 0 Å². The molecule has 0 spiro atoms. The molecule has 0 aromatic heterocycles. The highest BCUT2D eigenvalue weighted by Crippen LogP contribution is 2.10. The third-order valence-corrected chi connectivity index (χ3v) is 2.06. The van der Waals surface area contributed by atoms with Gasteiger partial charge in [-0.15, -0.1) is 0 Å². The van der Waals surface area contributed by atoms with Gasteiger partial charge in [0.2, 0.25) is 0 Å². The summed E-state index contributed by atoms with van der Waals surface area (Å²) in [4.78, 5) is 4.56. The summed E-state index contributed by atoms with van der Waals surface area (Å²) in [7, 11) is 2.13. The predicted octanol–water partition coefficient (Wildman–Crippen LogP) is 1.05. The van der Waals surface area contributed by atoms with E-state index >= 15 is 0 Å². The molecule has 0 aromatic carbocycles. The summed E-state index contributed by atoms with van der Waals surface area (Å²) in [6.07, 6.45) is 0. The molecule has 0 radical (unpaired) electrons. The van der Waals surface area contributed by atoms with Crippen LogP contribution >= 0.6 is 0 Å². The van der Waals surface area contributed by atoms with Crippen LogP contribution in [0.25, 0.3) is 0 Å². The van der Waals surface area contributed by atoms with Gasteiger partial charge < -0.3 is 10.2 Å². The molecule has 0 atom stereocenters. The Morgan fingerprint density at radius 2 is 1.92 bits per heavy atom. The van der Waals surface area contributed by atoms with Gasteiger partial charge in [0.15, 0.2) is 0 Å². The number of likely N-dealkylation sites (N-methyl/N-ethyl adjacent to an activating group) is 1. The molecule has 1 rings (SSSR count). The molecule has 1 fully saturated rings. The van der Waals surface area contributed by atoms with Crippen molar-refractivity contribution in [3.05, 3.63) is 12.4 Å². The number of nitrogens with one attached hydrogen (secondary N) is 1. The van der Waals surface area contributed by atoms with Gasteiger partial charge in [-0.25, -0.2) is 0 Å². The van der Waals surface area contributed by atoms with Crippen molar-refractivity contribution in [3.8, 4) is 0 Å². The average Bonchev–Trinajstić information content (AvgIpc) is 2.31. The molecule has 3 nitrogen and oxygen atoms in total. The quantitative estimate of drug-likeness (QED) is 0.690. The second kappa shape index (κ2) is 3.58. The topological polar surface area (TPSA) is 18.5 Å². The van der Waals surface area contributed by atoms with E-state index in [9.17, 15) is 0 Å². The van der Waals surface area contributed by atoms with E-state index in [1.54, 1.807) is 0 Å². The molecule has 13 heavy (non-hydrogen) atoms. The van der Waals surface area contributed by atoms with Crippen LogP contribution in [0, 0.1) is 0 Å². The van der Waals surface area contributed by atoms with Crippen LogP contribution in [0.5, 0.6) is 0 Å². The minimum absolute atomic E-state index is 0.109. The Morgan fingerprint density at radius 1 is 1.31 bits per heavy atom. The van der Waals surface area contributed by atoms with Gasteiger partial charge >= 0.3 is 0 Å². The molecule has 1 aliphatic heterocycles. The summed E-state index contributed by atoms with van der Waals surface area (Å²) in [5.41, 5.74) is 0.109. The van der Waals surface area contributed by atoms with Crippen molar-refractivity contribution in [1.29, 1.82) is 0 Å². The van der Waals surface area contributed by atoms with Crippen LogP contribution in [-0.2, 0) is 0 Å². The molecular weight excluding hydrogens is 162 g/mol. The Hall–Kier alpha value is -0.700. The fourth-order valence-corrected chi connectivity index (χ4v) is 1.46. The van der Waals surface area contributed by atoms with Gasteiger partial charge in [0.25, 0.3) is 0 Å². The minimum Gasteiger partial charge on any atom is -0.368 e. The molecule has 0 amide bonds. The SMILES string of the molecule is C=C(NC(C)(C)C)N1CCN(C)C1. The second-order valence-electron chi connectivity index (χ2n) is 4.81. The predicted molar refractivity (Wildman–Crippen MR) is 56.2 cm³/mol. The standard InChI is InChI=1S/C10H21N3/c1-9(11-10(2,3)4)13-7-6-12(5)8-13/h11H,1,6-8H2,2-5H3. The molecule has 0 bridgehead atoms. The van der Waals surface area contributed by atoms with E-state index in [1.165, 1.54) is 0 Å². The van der Waals surface area contributed by atoms with Crippen LogP contribution in [0.1, 0.15) is 20.8 Å². The Labute approximate surface area is 81.4 Å². The first-order valence-corrected chi connectivity index (χ1v) is 4.79. The van der Waals surface area contributed by atoms with Gasteiger partial charge in [-0.2, -0.15) is 0 Å². The van der Waals surface area contributed by atoms with E-state index in [4.69, 9.17) is 0 Å². The van der Waals surface area contributed by atoms with Crippen LogP contribution in [0.2, 0.25) is 0 Å². The maximum atomic E-state index is 4.04. The van der Waals surface area contributed by atoms with Gasteiger partial charge in [0, 0.05) is 18.6 Å². The van der Waals surface area contributed by atoms with Crippen LogP contribution in [0.15, 0.2) is 12.4 Å². The van der Waals surface area contributed by atoms with Gasteiger partial charge in [-0.1, -0.05) is 6.58 Å². The first-order chi connectivity index (χ1) is 5.88. The van der Waals surface area contributed by atoms with Gasteiger partial charge in [-0.05, 0) is 27.8 Å². The summed E-state index contributed by atoms with van der Waals surface area (Å²) < 4.78 is 0. The van der Waals surface area contributed by atoms with Crippen molar-refractivity contribution in [2.45, 2.75) is 26.3 Å². The number of nitrogens with zero attached hydrogens (tertiary/aromatic N) is 2. The van der Waals surface area contributed by atoms with Gasteiger partial charge in [0.1, 0.15) is 0 Å². The maximum absolute atomic E-state index is 4.04. The fraction of sp³-hybridized carbons (Fsp3) is 0.800. The second-order valence-corrected chi connectivity index (χ2v) is 4.81. The van der Waals surface area contributed by atoms with Crippen molar-refractivity contribution in [2.24, 2.45) is 0 Å². The molecule has 1 aliphatic rings. The van der Waals surface area contributed by atoms with E-state index in [2.05, 4.69) is 49.5 Å². The Balaban J connectivity index is 2.41. The van der Waals surface area contributed by atoms with Crippen molar-refractivity contribution in [3.63, 3.8) is 0 Å². The van der Waals surface area contributed by atoms with Crippen molar-refractivity contribution in [1.82, 2.24) is 15.1 Å². The molecule has 3 heteroatoms. The lowest BCUT2D eigenvalue weighted by Gasteiger charge is -2.29. The first kappa shape index (κ1) is 10.4. The smallest absolute Gasteiger partial charge is 0.0953 e. The summed E-state index contributed by atoms with van der Waals surface area (Å²) in [5, 5.41) is 3.39. The summed E-state index contributed by atoms with van der Waals surface area (Å²) in [6.45, 7) is 13.7. The number of hydrogen-bond acceptors (Lipinski definition) is 3. The molecule has 0 saturated carbocycles. The largest absolute Gasteiger partial charge is 0.368 e. The third kappa shape index (κ3) is 3.27. The van der Waals surface area contributed by atoms with Crippen LogP contribution in [0.3, 0.4) is 0 Å². The molecule has 0 aliphatic carbocycles. The molecule has 0 aromatic rings. The average molecular weight is 183 g/mol. The van der Waals surface area contributed by atoms with E-state index in [0.717, 1.165) is 25.6 Å². The molecular formula is C10H21N3. The number of rotatable bonds is 2. The lowest BCUT2D eigenvalue weighted by molar-refractivity contribution is 0.288. The zero-order valence-corrected chi connectivity index (χ0v) is 9.22. The van der Waals surface area contributed by atoms with Crippen LogP contribution in [0.4, 0.5) is 0 Å². The van der Waals surface area contributed by atoms with Crippen molar-refractivity contribution < 1.29 is 0 Å². The third-order valence-electron chi connectivity index (χ3n) is 2.06. The first-order valence-electron chi connectivity index (χ1n) is 4.79. The highest BCUT2D eigenvalue weighted by Gasteiger charge is 2.20. The van der Waals surface area contributed by atoms with Crippen LogP contribution in [-0.4, -0.2) is 42.1 Å². The van der Waals surface area contributed by atoms with Gasteiger partial charge in [-0.3, -0.25) is 4.90 Å². The Kier molecular flexibility index (Phi) is 2.86. The number of hydrogen-bond donors (Lipinski definition) is 1. The van der Waals surface area contributed by atoms with Crippen molar-refractivity contribution >= 4 is 0 Å². The van der Waals surface area contributed by atoms with Gasteiger partial charge in [0.05, 0.1) is 12.5 Å². The molecule has 1 heterocycles. The fourth-order valence-electron chi connectivity index (χ4n) is 1.46. The molecule has 1 N–H and O–H groups in total. The van der Waals surface area contributed by atoms with E-state index in [-0.39, 0.29) is 5.54 Å². The minimum atomic E-state index is 0.109. The van der Waals surface area contributed by atoms with E-state index in [1.807, 2.05) is 0 Å². The lowest BCUT2D eigenvalue weighted by atomic mass is 10.1. The Morgan fingerprint density at radius 3 is 2.31 bits per heavy atom. The highest BCUT2D eigenvalue weighted by molar-refractivity contribution is 4.97. The maximum Gasteiger partial charge on any atom is 0.0953 e. The Bertz CT molecular complexity index is 193. The zero-order valence-electron chi connectivity index (χ0n) is 9.22. The molecule has 0 unspecified atom stereocenters. The van der Waals surface area contributed by atoms with Crippen LogP contribution < -0.4 is 5.32 Å². The normalized spacial score (nSPS) is 19.2.